The monoisotopic (exact) mass is 432 g/mol. The minimum atomic E-state index is -0.306. The van der Waals surface area contributed by atoms with Crippen molar-refractivity contribution in [2.75, 3.05) is 13.1 Å². The molecule has 0 saturated carbocycles. The highest BCUT2D eigenvalue weighted by atomic mass is 16.3. The van der Waals surface area contributed by atoms with Gasteiger partial charge >= 0.3 is 0 Å². The standard InChI is InChI=1S/C28H36N2O2/c1-5-24-25(31)19-28(15-17-29(18-16-28)27(2,3)4)30(26(24)32)20-21-11-13-23(14-12-21)22-9-7-6-8-10-22/h6-14,31H,5,15-20H2,1-4H3. The zero-order valence-corrected chi connectivity index (χ0v) is 19.9. The molecule has 0 unspecified atom stereocenters. The maximum absolute atomic E-state index is 13.5. The van der Waals surface area contributed by atoms with Crippen molar-refractivity contribution < 1.29 is 9.90 Å². The SMILES string of the molecule is CCC1=C(O)CC2(CCN(C(C)(C)C)CC2)N(Cc2ccc(-c3ccccc3)cc2)C1=O. The predicted octanol–water partition coefficient (Wildman–Crippen LogP) is 5.94. The van der Waals surface area contributed by atoms with Crippen molar-refractivity contribution >= 4 is 5.91 Å². The van der Waals surface area contributed by atoms with Crippen LogP contribution in [-0.2, 0) is 11.3 Å². The smallest absolute Gasteiger partial charge is 0.253 e. The predicted molar refractivity (Wildman–Crippen MR) is 130 cm³/mol. The van der Waals surface area contributed by atoms with E-state index in [9.17, 15) is 9.90 Å². The molecule has 170 valence electrons. The molecular weight excluding hydrogens is 396 g/mol. The van der Waals surface area contributed by atoms with Gasteiger partial charge in [-0.1, -0.05) is 61.5 Å². The minimum Gasteiger partial charge on any atom is -0.512 e. The molecule has 0 bridgehead atoms. The van der Waals surface area contributed by atoms with Gasteiger partial charge in [-0.25, -0.2) is 0 Å². The minimum absolute atomic E-state index is 0.00703. The fraction of sp³-hybridized carbons (Fsp3) is 0.464. The van der Waals surface area contributed by atoms with E-state index in [1.54, 1.807) is 0 Å². The van der Waals surface area contributed by atoms with E-state index in [1.807, 2.05) is 13.0 Å². The van der Waals surface area contributed by atoms with Crippen LogP contribution >= 0.6 is 0 Å². The summed E-state index contributed by atoms with van der Waals surface area (Å²) in [6.45, 7) is 11.2. The third kappa shape index (κ3) is 4.33. The lowest BCUT2D eigenvalue weighted by Crippen LogP contribution is -2.61. The van der Waals surface area contributed by atoms with E-state index < -0.39 is 0 Å². The number of aliphatic hydroxyl groups is 1. The number of nitrogens with zero attached hydrogens (tertiary/aromatic N) is 2. The van der Waals surface area contributed by atoms with Gasteiger partial charge in [-0.2, -0.15) is 0 Å². The van der Waals surface area contributed by atoms with Crippen LogP contribution in [0, 0.1) is 0 Å². The summed E-state index contributed by atoms with van der Waals surface area (Å²) >= 11 is 0. The number of carbonyl (C=O) groups is 1. The maximum atomic E-state index is 13.5. The molecule has 2 aliphatic heterocycles. The Labute approximate surface area is 192 Å². The number of amides is 1. The summed E-state index contributed by atoms with van der Waals surface area (Å²) in [7, 11) is 0. The molecule has 0 aromatic heterocycles. The van der Waals surface area contributed by atoms with Crippen LogP contribution in [0.25, 0.3) is 11.1 Å². The van der Waals surface area contributed by atoms with Crippen LogP contribution in [0.5, 0.6) is 0 Å². The van der Waals surface area contributed by atoms with Crippen molar-refractivity contribution in [3.63, 3.8) is 0 Å². The van der Waals surface area contributed by atoms with Crippen LogP contribution in [0.2, 0.25) is 0 Å². The lowest BCUT2D eigenvalue weighted by Gasteiger charge is -2.53. The van der Waals surface area contributed by atoms with Crippen molar-refractivity contribution in [2.24, 2.45) is 0 Å². The zero-order chi connectivity index (χ0) is 22.9. The summed E-state index contributed by atoms with van der Waals surface area (Å²) in [5, 5.41) is 10.7. The Hall–Kier alpha value is -2.59. The summed E-state index contributed by atoms with van der Waals surface area (Å²) in [5.74, 6) is 0.310. The molecule has 1 N–H and O–H groups in total. The van der Waals surface area contributed by atoms with Crippen molar-refractivity contribution in [1.82, 2.24) is 9.80 Å². The van der Waals surface area contributed by atoms with Crippen LogP contribution in [0.15, 0.2) is 65.9 Å². The molecule has 1 spiro atoms. The molecule has 0 radical (unpaired) electrons. The summed E-state index contributed by atoms with van der Waals surface area (Å²) in [5.41, 5.74) is 3.90. The number of carbonyl (C=O) groups excluding carboxylic acids is 1. The lowest BCUT2D eigenvalue weighted by molar-refractivity contribution is -0.140. The summed E-state index contributed by atoms with van der Waals surface area (Å²) in [4.78, 5) is 18.1. The molecule has 1 fully saturated rings. The number of benzene rings is 2. The molecule has 1 amide bonds. The van der Waals surface area contributed by atoms with Crippen LogP contribution in [0.3, 0.4) is 0 Å². The average molecular weight is 433 g/mol. The number of likely N-dealkylation sites (tertiary alicyclic amines) is 1. The second-order valence-electron chi connectivity index (χ2n) is 10.3. The topological polar surface area (TPSA) is 43.8 Å². The van der Waals surface area contributed by atoms with Gasteiger partial charge in [-0.15, -0.1) is 0 Å². The molecule has 0 atom stereocenters. The first kappa shape index (κ1) is 22.6. The van der Waals surface area contributed by atoms with E-state index in [0.717, 1.165) is 31.5 Å². The van der Waals surface area contributed by atoms with Gasteiger partial charge in [-0.05, 0) is 56.7 Å². The quantitative estimate of drug-likeness (QED) is 0.650. The third-order valence-corrected chi connectivity index (χ3v) is 7.32. The fourth-order valence-corrected chi connectivity index (χ4v) is 5.27. The first-order valence-corrected chi connectivity index (χ1v) is 11.9. The molecule has 4 nitrogen and oxygen atoms in total. The highest BCUT2D eigenvalue weighted by molar-refractivity contribution is 5.95. The summed E-state index contributed by atoms with van der Waals surface area (Å²) in [6.07, 6.45) is 2.92. The Bertz CT molecular complexity index is 978. The van der Waals surface area contributed by atoms with Crippen molar-refractivity contribution in [2.45, 2.75) is 71.0 Å². The highest BCUT2D eigenvalue weighted by Gasteiger charge is 2.48. The van der Waals surface area contributed by atoms with E-state index >= 15 is 0 Å². The van der Waals surface area contributed by atoms with Crippen molar-refractivity contribution in [1.29, 1.82) is 0 Å². The first-order chi connectivity index (χ1) is 15.2. The molecule has 0 aliphatic carbocycles. The van der Waals surface area contributed by atoms with E-state index in [-0.39, 0.29) is 17.0 Å². The average Bonchev–Trinajstić information content (AvgIpc) is 2.78. The second-order valence-corrected chi connectivity index (χ2v) is 10.3. The molecule has 32 heavy (non-hydrogen) atoms. The number of hydrogen-bond donors (Lipinski definition) is 1. The number of rotatable bonds is 4. The van der Waals surface area contributed by atoms with Gasteiger partial charge in [0.25, 0.3) is 5.91 Å². The Morgan fingerprint density at radius 2 is 1.53 bits per heavy atom. The number of aliphatic hydroxyl groups excluding tert-OH is 1. The van der Waals surface area contributed by atoms with Gasteiger partial charge in [0.05, 0.1) is 11.1 Å². The molecule has 2 aromatic rings. The number of piperidine rings is 1. The highest BCUT2D eigenvalue weighted by Crippen LogP contribution is 2.42. The molecule has 1 saturated heterocycles. The van der Waals surface area contributed by atoms with Crippen LogP contribution in [0.1, 0.15) is 58.9 Å². The lowest BCUT2D eigenvalue weighted by atomic mass is 9.77. The molecule has 4 rings (SSSR count). The van der Waals surface area contributed by atoms with E-state index in [0.29, 0.717) is 30.7 Å². The van der Waals surface area contributed by atoms with Gasteiger partial charge in [0, 0.05) is 31.6 Å². The Kier molecular flexibility index (Phi) is 6.17. The Morgan fingerprint density at radius 1 is 0.938 bits per heavy atom. The summed E-state index contributed by atoms with van der Waals surface area (Å²) in [6, 6.07) is 18.9. The summed E-state index contributed by atoms with van der Waals surface area (Å²) < 4.78 is 0. The van der Waals surface area contributed by atoms with E-state index in [1.165, 1.54) is 11.1 Å². The maximum Gasteiger partial charge on any atom is 0.253 e. The second kappa shape index (κ2) is 8.74. The van der Waals surface area contributed by atoms with E-state index in [2.05, 4.69) is 79.1 Å². The van der Waals surface area contributed by atoms with Gasteiger partial charge < -0.3 is 10.0 Å². The van der Waals surface area contributed by atoms with Crippen molar-refractivity contribution in [3.8, 4) is 11.1 Å². The number of hydrogen-bond acceptors (Lipinski definition) is 3. The molecule has 2 aromatic carbocycles. The van der Waals surface area contributed by atoms with Crippen LogP contribution in [-0.4, -0.2) is 45.0 Å². The molecule has 2 aliphatic rings. The van der Waals surface area contributed by atoms with E-state index in [4.69, 9.17) is 0 Å². The Balaban J connectivity index is 1.60. The molecule has 4 heteroatoms. The van der Waals surface area contributed by atoms with Gasteiger partial charge in [0.2, 0.25) is 0 Å². The Morgan fingerprint density at radius 3 is 2.09 bits per heavy atom. The van der Waals surface area contributed by atoms with Gasteiger partial charge in [0.1, 0.15) is 5.76 Å². The van der Waals surface area contributed by atoms with Gasteiger partial charge in [0.15, 0.2) is 0 Å². The molecule has 2 heterocycles. The van der Waals surface area contributed by atoms with Crippen LogP contribution in [0.4, 0.5) is 0 Å². The normalized spacial score (nSPS) is 19.6. The fourth-order valence-electron chi connectivity index (χ4n) is 5.27. The van der Waals surface area contributed by atoms with Gasteiger partial charge in [-0.3, -0.25) is 9.69 Å². The largest absolute Gasteiger partial charge is 0.512 e. The zero-order valence-electron chi connectivity index (χ0n) is 19.9. The first-order valence-electron chi connectivity index (χ1n) is 11.9. The third-order valence-electron chi connectivity index (χ3n) is 7.32. The van der Waals surface area contributed by atoms with Crippen molar-refractivity contribution in [3.05, 3.63) is 71.5 Å². The molecular formula is C28H36N2O2. The van der Waals surface area contributed by atoms with Crippen LogP contribution < -0.4 is 0 Å².